The Hall–Kier alpha value is -2.12. The Morgan fingerprint density at radius 3 is 2.79 bits per heavy atom. The van der Waals surface area contributed by atoms with Gasteiger partial charge in [0.15, 0.2) is 0 Å². The van der Waals surface area contributed by atoms with E-state index in [0.717, 1.165) is 19.3 Å². The summed E-state index contributed by atoms with van der Waals surface area (Å²) in [6.07, 6.45) is 3.90. The molecule has 2 fully saturated rings. The van der Waals surface area contributed by atoms with E-state index in [1.165, 1.54) is 0 Å². The minimum Gasteiger partial charge on any atom is -0.444 e. The Morgan fingerprint density at radius 1 is 1.42 bits per heavy atom. The van der Waals surface area contributed by atoms with E-state index >= 15 is 0 Å². The number of carbonyl (C=O) groups excluding carboxylic acids is 2. The zero-order valence-corrected chi connectivity index (χ0v) is 14.7. The number of carbonyl (C=O) groups is 2. The zero-order chi connectivity index (χ0) is 17.5. The number of rotatable bonds is 2. The number of anilines is 1. The number of piperidine rings is 1. The van der Waals surface area contributed by atoms with E-state index in [4.69, 9.17) is 4.74 Å². The smallest absolute Gasteiger partial charge is 0.410 e. The molecule has 1 saturated carbocycles. The Morgan fingerprint density at radius 2 is 2.17 bits per heavy atom. The van der Waals surface area contributed by atoms with Crippen LogP contribution in [0.5, 0.6) is 0 Å². The van der Waals surface area contributed by atoms with E-state index in [1.807, 2.05) is 20.8 Å². The topological polar surface area (TPSA) is 89.4 Å². The van der Waals surface area contributed by atoms with Gasteiger partial charge in [0.1, 0.15) is 11.9 Å². The monoisotopic (exact) mass is 335 g/mol. The predicted molar refractivity (Wildman–Crippen MR) is 87.2 cm³/mol. The lowest BCUT2D eigenvalue weighted by molar-refractivity contribution is -0.118. The molecule has 2 amide bonds. The van der Waals surface area contributed by atoms with Crippen LogP contribution in [0.2, 0.25) is 0 Å². The fourth-order valence-electron chi connectivity index (χ4n) is 3.41. The lowest BCUT2D eigenvalue weighted by Crippen LogP contribution is -2.44. The molecule has 2 aliphatic rings. The van der Waals surface area contributed by atoms with Gasteiger partial charge in [-0.15, -0.1) is 5.10 Å². The van der Waals surface area contributed by atoms with Crippen molar-refractivity contribution in [2.75, 3.05) is 18.4 Å². The van der Waals surface area contributed by atoms with Crippen LogP contribution in [0.3, 0.4) is 0 Å². The molecule has 2 atom stereocenters. The van der Waals surface area contributed by atoms with Gasteiger partial charge in [0.25, 0.3) is 0 Å². The van der Waals surface area contributed by atoms with Crippen LogP contribution >= 0.6 is 0 Å². The van der Waals surface area contributed by atoms with Crippen LogP contribution in [0.25, 0.3) is 0 Å². The van der Waals surface area contributed by atoms with Crippen molar-refractivity contribution in [3.8, 4) is 0 Å². The lowest BCUT2D eigenvalue weighted by atomic mass is 9.92. The van der Waals surface area contributed by atoms with E-state index in [1.54, 1.807) is 23.0 Å². The minimum atomic E-state index is -0.507. The van der Waals surface area contributed by atoms with E-state index in [0.29, 0.717) is 19.0 Å². The number of nitrogens with zero attached hydrogens (tertiary/aromatic N) is 4. The van der Waals surface area contributed by atoms with Crippen molar-refractivity contribution in [2.45, 2.75) is 45.6 Å². The number of aromatic nitrogens is 3. The highest BCUT2D eigenvalue weighted by atomic mass is 16.6. The highest BCUT2D eigenvalue weighted by molar-refractivity contribution is 5.93. The van der Waals surface area contributed by atoms with Gasteiger partial charge in [-0.3, -0.25) is 14.8 Å². The van der Waals surface area contributed by atoms with Crippen molar-refractivity contribution in [1.29, 1.82) is 0 Å². The van der Waals surface area contributed by atoms with Crippen LogP contribution in [0.1, 0.15) is 40.0 Å². The lowest BCUT2D eigenvalue weighted by Gasteiger charge is -2.34. The third kappa shape index (κ3) is 3.52. The number of likely N-dealkylation sites (tertiary alicyclic amines) is 1. The van der Waals surface area contributed by atoms with Crippen molar-refractivity contribution in [2.24, 2.45) is 18.4 Å². The maximum Gasteiger partial charge on any atom is 0.410 e. The normalized spacial score (nSPS) is 26.3. The van der Waals surface area contributed by atoms with Gasteiger partial charge in [0.05, 0.1) is 0 Å². The fourth-order valence-corrected chi connectivity index (χ4v) is 3.41. The van der Waals surface area contributed by atoms with Gasteiger partial charge >= 0.3 is 6.09 Å². The summed E-state index contributed by atoms with van der Waals surface area (Å²) >= 11 is 0. The first-order valence-electron chi connectivity index (χ1n) is 8.33. The average molecular weight is 335 g/mol. The Labute approximate surface area is 141 Å². The third-order valence-corrected chi connectivity index (χ3v) is 4.60. The molecule has 0 aromatic carbocycles. The highest BCUT2D eigenvalue weighted by Gasteiger charge is 2.60. The number of ether oxygens (including phenoxy) is 1. The molecule has 2 heterocycles. The van der Waals surface area contributed by atoms with Gasteiger partial charge in [-0.2, -0.15) is 0 Å². The molecule has 24 heavy (non-hydrogen) atoms. The summed E-state index contributed by atoms with van der Waals surface area (Å²) in [4.78, 5) is 30.5. The SMILES string of the molecule is Cn1cnc(NC(=O)C2CC23CCCN(C(=O)OC(C)(C)C)C3)n1. The molecule has 1 aliphatic heterocycles. The quantitative estimate of drug-likeness (QED) is 0.890. The number of aryl methyl sites for hydroxylation is 1. The van der Waals surface area contributed by atoms with Crippen LogP contribution in [0.4, 0.5) is 10.7 Å². The Balaban J connectivity index is 1.59. The molecule has 8 heteroatoms. The highest BCUT2D eigenvalue weighted by Crippen LogP contribution is 2.58. The molecule has 0 bridgehead atoms. The van der Waals surface area contributed by atoms with Gasteiger partial charge < -0.3 is 9.64 Å². The summed E-state index contributed by atoms with van der Waals surface area (Å²) in [6, 6.07) is 0. The second-order valence-electron chi connectivity index (χ2n) is 7.86. The first kappa shape index (κ1) is 16.7. The van der Waals surface area contributed by atoms with Crippen molar-refractivity contribution in [1.82, 2.24) is 19.7 Å². The summed E-state index contributed by atoms with van der Waals surface area (Å²) in [5.74, 6) is 0.170. The molecular weight excluding hydrogens is 310 g/mol. The summed E-state index contributed by atoms with van der Waals surface area (Å²) in [5, 5.41) is 6.83. The number of amides is 2. The second-order valence-corrected chi connectivity index (χ2v) is 7.86. The molecule has 1 N–H and O–H groups in total. The molecule has 8 nitrogen and oxygen atoms in total. The number of nitrogens with one attached hydrogen (secondary N) is 1. The molecule has 1 spiro atoms. The average Bonchev–Trinajstić information content (AvgIpc) is 3.00. The van der Waals surface area contributed by atoms with Crippen molar-refractivity contribution < 1.29 is 14.3 Å². The van der Waals surface area contributed by atoms with E-state index in [2.05, 4.69) is 15.4 Å². The minimum absolute atomic E-state index is 0.0627. The van der Waals surface area contributed by atoms with E-state index in [-0.39, 0.29) is 23.3 Å². The molecule has 1 aromatic rings. The molecule has 1 saturated heterocycles. The van der Waals surface area contributed by atoms with Gasteiger partial charge in [0, 0.05) is 31.5 Å². The first-order chi connectivity index (χ1) is 11.2. The maximum absolute atomic E-state index is 12.4. The largest absolute Gasteiger partial charge is 0.444 e. The van der Waals surface area contributed by atoms with Crippen LogP contribution in [-0.2, 0) is 16.6 Å². The van der Waals surface area contributed by atoms with Gasteiger partial charge in [-0.25, -0.2) is 9.78 Å². The van der Waals surface area contributed by atoms with Crippen LogP contribution in [-0.4, -0.2) is 50.4 Å². The summed E-state index contributed by atoms with van der Waals surface area (Å²) in [7, 11) is 1.75. The zero-order valence-electron chi connectivity index (χ0n) is 14.7. The molecule has 2 unspecified atom stereocenters. The standard InChI is InChI=1S/C16H25N5O3/c1-15(2,3)24-14(23)21-7-5-6-16(9-21)8-11(16)12(22)18-13-17-10-20(4)19-13/h10-11H,5-9H2,1-4H3,(H,18,19,22). The molecular formula is C16H25N5O3. The first-order valence-corrected chi connectivity index (χ1v) is 8.33. The van der Waals surface area contributed by atoms with E-state index in [9.17, 15) is 9.59 Å². The summed E-state index contributed by atoms with van der Waals surface area (Å²) in [6.45, 7) is 6.84. The van der Waals surface area contributed by atoms with Crippen LogP contribution < -0.4 is 5.32 Å². The maximum atomic E-state index is 12.4. The van der Waals surface area contributed by atoms with Crippen molar-refractivity contribution in [3.05, 3.63) is 6.33 Å². The molecule has 1 aromatic heterocycles. The summed E-state index contributed by atoms with van der Waals surface area (Å²) < 4.78 is 7.00. The Bertz CT molecular complexity index is 650. The van der Waals surface area contributed by atoms with Gasteiger partial charge in [-0.05, 0) is 40.0 Å². The fraction of sp³-hybridized carbons (Fsp3) is 0.750. The van der Waals surface area contributed by atoms with Crippen molar-refractivity contribution >= 4 is 17.9 Å². The molecule has 0 radical (unpaired) electrons. The molecule has 3 rings (SSSR count). The van der Waals surface area contributed by atoms with E-state index < -0.39 is 5.60 Å². The molecule has 132 valence electrons. The molecule has 1 aliphatic carbocycles. The number of hydrogen-bond donors (Lipinski definition) is 1. The summed E-state index contributed by atoms with van der Waals surface area (Å²) in [5.41, 5.74) is -0.624. The Kier molecular flexibility index (Phi) is 4.01. The van der Waals surface area contributed by atoms with Crippen LogP contribution in [0, 0.1) is 11.3 Å². The second kappa shape index (κ2) is 5.75. The number of hydrogen-bond acceptors (Lipinski definition) is 5. The van der Waals surface area contributed by atoms with Gasteiger partial charge in [0.2, 0.25) is 11.9 Å². The third-order valence-electron chi connectivity index (χ3n) is 4.60. The van der Waals surface area contributed by atoms with Crippen LogP contribution in [0.15, 0.2) is 6.33 Å². The predicted octanol–water partition coefficient (Wildman–Crippen LogP) is 1.79. The van der Waals surface area contributed by atoms with Crippen molar-refractivity contribution in [3.63, 3.8) is 0 Å². The van der Waals surface area contributed by atoms with Gasteiger partial charge in [-0.1, -0.05) is 0 Å².